The molecule has 5 aromatic carbocycles. The first-order chi connectivity index (χ1) is 28.7. The van der Waals surface area contributed by atoms with E-state index in [2.05, 4.69) is 198 Å². The summed E-state index contributed by atoms with van der Waals surface area (Å²) >= 11 is 0. The van der Waals surface area contributed by atoms with Gasteiger partial charge in [0.05, 0.1) is 40.7 Å². The minimum Gasteiger partial charge on any atom is -0.381 e. The van der Waals surface area contributed by atoms with Gasteiger partial charge in [0.1, 0.15) is 0 Å². The lowest BCUT2D eigenvalue weighted by molar-refractivity contribution is 0.705. The van der Waals surface area contributed by atoms with Gasteiger partial charge in [-0.2, -0.15) is 0 Å². The average Bonchev–Trinajstić information content (AvgIpc) is 3.31. The first kappa shape index (κ1) is 33.8. The fourth-order valence-corrected chi connectivity index (χ4v) is 8.45. The zero-order valence-electron chi connectivity index (χ0n) is 31.7. The smallest absolute Gasteiger partial charge is 0.0946 e. The maximum absolute atomic E-state index is 5.18. The normalized spacial score (nSPS) is 18.5. The van der Waals surface area contributed by atoms with Crippen LogP contribution in [0.1, 0.15) is 51.6 Å². The molecule has 2 aromatic heterocycles. The van der Waals surface area contributed by atoms with E-state index in [4.69, 9.17) is 9.97 Å². The molecule has 3 unspecified atom stereocenters. The molecule has 5 heterocycles. The summed E-state index contributed by atoms with van der Waals surface area (Å²) in [7, 11) is 0. The Bertz CT molecular complexity index is 2950. The molecule has 0 bridgehead atoms. The third-order valence-electron chi connectivity index (χ3n) is 11.6. The molecule has 7 aromatic rings. The summed E-state index contributed by atoms with van der Waals surface area (Å²) < 4.78 is 0. The molecule has 0 amide bonds. The molecule has 0 radical (unpaired) electrons. The summed E-state index contributed by atoms with van der Waals surface area (Å²) in [6, 6.07) is 49.9. The van der Waals surface area contributed by atoms with Crippen molar-refractivity contribution in [3.05, 3.63) is 227 Å². The molecule has 3 aliphatic heterocycles. The maximum Gasteiger partial charge on any atom is 0.0946 e. The maximum atomic E-state index is 5.18. The van der Waals surface area contributed by atoms with E-state index < -0.39 is 0 Å². The van der Waals surface area contributed by atoms with Gasteiger partial charge in [-0.1, -0.05) is 146 Å². The van der Waals surface area contributed by atoms with Gasteiger partial charge in [0, 0.05) is 27.9 Å². The second kappa shape index (κ2) is 14.2. The Hall–Kier alpha value is -7.50. The Morgan fingerprint density at radius 3 is 2.21 bits per heavy atom. The second-order valence-corrected chi connectivity index (χ2v) is 15.2. The Morgan fingerprint density at radius 2 is 1.28 bits per heavy atom. The van der Waals surface area contributed by atoms with Crippen molar-refractivity contribution in [2.24, 2.45) is 0 Å². The van der Waals surface area contributed by atoms with Crippen LogP contribution in [-0.4, -0.2) is 9.97 Å². The number of anilines is 1. The molecule has 4 aliphatic rings. The Morgan fingerprint density at radius 1 is 0.483 bits per heavy atom. The summed E-state index contributed by atoms with van der Waals surface area (Å²) in [5.74, 6) is 0. The van der Waals surface area contributed by atoms with Crippen molar-refractivity contribution in [2.45, 2.75) is 18.1 Å². The SMILES string of the molecule is C1=CNC(c2cccc(-c3ccc4ccc(C5C=Cc6ccc(-c7cccc(C8=CC=C9C=Cc%10ccc(-c%11ccccc%11)nc%10C9N8)c7)cc6N5)cc4n3)c2)C=C1. The highest BCUT2D eigenvalue weighted by atomic mass is 15.0. The van der Waals surface area contributed by atoms with Crippen molar-refractivity contribution in [3.63, 3.8) is 0 Å². The monoisotopic (exact) mass is 745 g/mol. The number of pyridine rings is 2. The van der Waals surface area contributed by atoms with Crippen LogP contribution in [0.15, 0.2) is 194 Å². The molecule has 3 atom stereocenters. The van der Waals surface area contributed by atoms with Crippen molar-refractivity contribution < 1.29 is 0 Å². The van der Waals surface area contributed by atoms with E-state index in [1.54, 1.807) is 0 Å². The molecule has 0 saturated heterocycles. The zero-order valence-corrected chi connectivity index (χ0v) is 31.7. The lowest BCUT2D eigenvalue weighted by Crippen LogP contribution is -2.27. The minimum atomic E-state index is -0.0219. The quantitative estimate of drug-likeness (QED) is 0.158. The van der Waals surface area contributed by atoms with Crippen LogP contribution in [0, 0.1) is 0 Å². The number of hydrogen-bond acceptors (Lipinski definition) is 5. The van der Waals surface area contributed by atoms with E-state index in [0.717, 1.165) is 72.7 Å². The standard InChI is InChI=1S/C53H39N5/c1-2-8-34(9-3-1)46-27-23-37-17-18-38-24-28-49(58-53(38)52(37)57-46)42-12-6-10-39(30-42)40-19-15-35-22-26-48(56-50(35)32-40)44-20-16-36-21-25-47(55-51(36)33-44)43-13-7-11-41(31-43)45-14-4-5-29-54-45/h1-33,45,48,53-54,56,58H. The van der Waals surface area contributed by atoms with Crippen LogP contribution < -0.4 is 16.0 Å². The van der Waals surface area contributed by atoms with Gasteiger partial charge >= 0.3 is 0 Å². The first-order valence-electron chi connectivity index (χ1n) is 19.9. The molecule has 11 rings (SSSR count). The number of nitrogens with one attached hydrogen (secondary N) is 3. The topological polar surface area (TPSA) is 61.9 Å². The van der Waals surface area contributed by atoms with Crippen molar-refractivity contribution in [2.75, 3.05) is 5.32 Å². The number of allylic oxidation sites excluding steroid dienone is 4. The van der Waals surface area contributed by atoms with Gasteiger partial charge in [-0.15, -0.1) is 0 Å². The number of benzene rings is 5. The Balaban J connectivity index is 0.839. The summed E-state index contributed by atoms with van der Waals surface area (Å²) in [4.78, 5) is 10.3. The van der Waals surface area contributed by atoms with Gasteiger partial charge in [0.25, 0.3) is 0 Å². The molecule has 0 spiro atoms. The van der Waals surface area contributed by atoms with Crippen LogP contribution >= 0.6 is 0 Å². The summed E-state index contributed by atoms with van der Waals surface area (Å²) in [6.45, 7) is 0. The third kappa shape index (κ3) is 6.33. The predicted octanol–water partition coefficient (Wildman–Crippen LogP) is 12.2. The van der Waals surface area contributed by atoms with Crippen LogP contribution in [0.25, 0.3) is 62.4 Å². The highest BCUT2D eigenvalue weighted by molar-refractivity contribution is 5.84. The molecule has 0 fully saturated rings. The van der Waals surface area contributed by atoms with E-state index in [1.807, 2.05) is 18.3 Å². The summed E-state index contributed by atoms with van der Waals surface area (Å²) in [5, 5.41) is 12.2. The summed E-state index contributed by atoms with van der Waals surface area (Å²) in [6.07, 6.45) is 21.5. The van der Waals surface area contributed by atoms with Crippen molar-refractivity contribution >= 4 is 34.4 Å². The van der Waals surface area contributed by atoms with Gasteiger partial charge in [-0.25, -0.2) is 9.97 Å². The Kier molecular flexibility index (Phi) is 8.29. The highest BCUT2D eigenvalue weighted by Gasteiger charge is 2.27. The fraction of sp³-hybridized carbons (Fsp3) is 0.0566. The average molecular weight is 746 g/mol. The number of aromatic nitrogens is 2. The number of rotatable bonds is 6. The van der Waals surface area contributed by atoms with Crippen LogP contribution in [0.5, 0.6) is 0 Å². The van der Waals surface area contributed by atoms with E-state index in [0.29, 0.717) is 0 Å². The number of nitrogens with zero attached hydrogens (tertiary/aromatic N) is 2. The van der Waals surface area contributed by atoms with Gasteiger partial charge in [0.2, 0.25) is 0 Å². The lowest BCUT2D eigenvalue weighted by atomic mass is 9.89. The van der Waals surface area contributed by atoms with Crippen LogP contribution in [0.4, 0.5) is 5.69 Å². The Labute approximate surface area is 338 Å². The number of dihydropyridines is 2. The fourth-order valence-electron chi connectivity index (χ4n) is 8.45. The van der Waals surface area contributed by atoms with Crippen LogP contribution in [0.2, 0.25) is 0 Å². The number of hydrogen-bond donors (Lipinski definition) is 3. The molecule has 276 valence electrons. The van der Waals surface area contributed by atoms with E-state index in [-0.39, 0.29) is 18.1 Å². The zero-order chi connectivity index (χ0) is 38.4. The largest absolute Gasteiger partial charge is 0.381 e. The van der Waals surface area contributed by atoms with Crippen molar-refractivity contribution in [1.82, 2.24) is 20.6 Å². The van der Waals surface area contributed by atoms with E-state index in [1.165, 1.54) is 22.3 Å². The van der Waals surface area contributed by atoms with Crippen molar-refractivity contribution in [3.8, 4) is 33.6 Å². The molecule has 5 heteroatoms. The van der Waals surface area contributed by atoms with Gasteiger partial charge in [-0.3, -0.25) is 0 Å². The van der Waals surface area contributed by atoms with Gasteiger partial charge in [-0.05, 0) is 99.3 Å². The molecule has 58 heavy (non-hydrogen) atoms. The van der Waals surface area contributed by atoms with Gasteiger partial charge < -0.3 is 16.0 Å². The van der Waals surface area contributed by atoms with Crippen molar-refractivity contribution in [1.29, 1.82) is 0 Å². The molecular weight excluding hydrogens is 707 g/mol. The van der Waals surface area contributed by atoms with Crippen LogP contribution in [0.3, 0.4) is 0 Å². The molecule has 5 nitrogen and oxygen atoms in total. The number of fused-ring (bicyclic) bond motifs is 5. The molecule has 1 aliphatic carbocycles. The summed E-state index contributed by atoms with van der Waals surface area (Å²) in [5.41, 5.74) is 17.8. The third-order valence-corrected chi connectivity index (χ3v) is 11.6. The predicted molar refractivity (Wildman–Crippen MR) is 239 cm³/mol. The second-order valence-electron chi connectivity index (χ2n) is 15.2. The van der Waals surface area contributed by atoms with E-state index >= 15 is 0 Å². The van der Waals surface area contributed by atoms with Gasteiger partial charge in [0.15, 0.2) is 0 Å². The molecular formula is C53H39N5. The minimum absolute atomic E-state index is 0.0190. The highest BCUT2D eigenvalue weighted by Crippen LogP contribution is 2.39. The lowest BCUT2D eigenvalue weighted by Gasteiger charge is -2.30. The van der Waals surface area contributed by atoms with E-state index in [9.17, 15) is 0 Å². The van der Waals surface area contributed by atoms with Crippen LogP contribution in [-0.2, 0) is 0 Å². The first-order valence-corrected chi connectivity index (χ1v) is 19.9. The molecule has 3 N–H and O–H groups in total. The molecule has 0 saturated carbocycles.